The van der Waals surface area contributed by atoms with Gasteiger partial charge in [-0.05, 0) is 6.92 Å². The zero-order valence-electron chi connectivity index (χ0n) is 3.23. The van der Waals surface area contributed by atoms with Crippen molar-refractivity contribution in [3.8, 4) is 0 Å². The Morgan fingerprint density at radius 1 is 1.60 bits per heavy atom. The Bertz CT molecular complexity index is 7.61. The van der Waals surface area contributed by atoms with E-state index in [1.807, 2.05) is 0 Å². The summed E-state index contributed by atoms with van der Waals surface area (Å²) in [7, 11) is 0. The smallest absolute Gasteiger partial charge is 0.0402 e. The molecule has 0 heterocycles. The van der Waals surface area contributed by atoms with Gasteiger partial charge in [0.05, 0.1) is 0 Å². The number of hydrogen-bond acceptors (Lipinski definition) is 1. The van der Waals surface area contributed by atoms with Crippen LogP contribution in [0.5, 0.6) is 0 Å². The Morgan fingerprint density at radius 3 is 1.60 bits per heavy atom. The van der Waals surface area contributed by atoms with Crippen LogP contribution in [0.2, 0.25) is 0 Å². The van der Waals surface area contributed by atoms with Crippen molar-refractivity contribution in [3.05, 3.63) is 0 Å². The van der Waals surface area contributed by atoms with Crippen LogP contribution in [0.4, 0.5) is 0 Å². The van der Waals surface area contributed by atoms with E-state index >= 15 is 0 Å². The van der Waals surface area contributed by atoms with Crippen LogP contribution in [-0.4, -0.2) is 17.2 Å². The average molecular weight is 203 g/mol. The standard InChI is InChI=1S/C2H6O.La.H2O/c1-2-3;;/h3H,2H2,1H3;;1H2. The molecular formula is C2H8LaO2. The van der Waals surface area contributed by atoms with Gasteiger partial charge in [-0.2, -0.15) is 0 Å². The molecule has 0 aliphatic rings. The first-order chi connectivity index (χ1) is 1.41. The van der Waals surface area contributed by atoms with Gasteiger partial charge in [0.25, 0.3) is 0 Å². The summed E-state index contributed by atoms with van der Waals surface area (Å²) in [6.45, 7) is 1.93. The summed E-state index contributed by atoms with van der Waals surface area (Å²) in [5, 5.41) is 7.57. The predicted molar refractivity (Wildman–Crippen MR) is 16.4 cm³/mol. The molecule has 5 heavy (non-hydrogen) atoms. The molecule has 0 aromatic rings. The Hall–Kier alpha value is 1.11. The van der Waals surface area contributed by atoms with Crippen molar-refractivity contribution in [2.24, 2.45) is 0 Å². The minimum atomic E-state index is 0. The van der Waals surface area contributed by atoms with Crippen LogP contribution in [0.25, 0.3) is 0 Å². The third-order valence-corrected chi connectivity index (χ3v) is 0. The molecule has 2 nitrogen and oxygen atoms in total. The van der Waals surface area contributed by atoms with E-state index in [9.17, 15) is 0 Å². The van der Waals surface area contributed by atoms with Crippen LogP contribution in [0, 0.1) is 35.6 Å². The summed E-state index contributed by atoms with van der Waals surface area (Å²) in [6, 6.07) is 0. The molecule has 0 atom stereocenters. The molecule has 3 N–H and O–H groups in total. The zero-order chi connectivity index (χ0) is 2.71. The molecule has 0 rings (SSSR count). The number of rotatable bonds is 0. The first-order valence-electron chi connectivity index (χ1n) is 1.02. The van der Waals surface area contributed by atoms with Gasteiger partial charge in [0.1, 0.15) is 0 Å². The monoisotopic (exact) mass is 203 g/mol. The van der Waals surface area contributed by atoms with E-state index in [1.165, 1.54) is 0 Å². The molecule has 0 aromatic carbocycles. The minimum Gasteiger partial charge on any atom is -0.412 e. The molecule has 31 valence electrons. The van der Waals surface area contributed by atoms with Gasteiger partial charge in [-0.3, -0.25) is 0 Å². The molecule has 0 amide bonds. The third-order valence-electron chi connectivity index (χ3n) is 0. The number of hydrogen-bond donors (Lipinski definition) is 1. The Balaban J connectivity index is -0.0000000200. The maximum atomic E-state index is 7.57. The predicted octanol–water partition coefficient (Wildman–Crippen LogP) is -0.826. The maximum absolute atomic E-state index is 7.57. The zero-order valence-corrected chi connectivity index (χ0v) is 6.86. The molecule has 3 heteroatoms. The van der Waals surface area contributed by atoms with Gasteiger partial charge >= 0.3 is 0 Å². The second kappa shape index (κ2) is 19.4. The van der Waals surface area contributed by atoms with E-state index in [2.05, 4.69) is 0 Å². The largest absolute Gasteiger partial charge is 0.412 e. The first kappa shape index (κ1) is 16.5. The van der Waals surface area contributed by atoms with Crippen LogP contribution >= 0.6 is 0 Å². The van der Waals surface area contributed by atoms with E-state index in [1.54, 1.807) is 6.92 Å². The van der Waals surface area contributed by atoms with Crippen LogP contribution in [0.3, 0.4) is 0 Å². The SMILES string of the molecule is CCO.O.[La]. The topological polar surface area (TPSA) is 51.7 Å². The third kappa shape index (κ3) is 39.9. The van der Waals surface area contributed by atoms with E-state index in [-0.39, 0.29) is 47.7 Å². The second-order valence-electron chi connectivity index (χ2n) is 0.316. The van der Waals surface area contributed by atoms with Gasteiger partial charge in [0, 0.05) is 42.2 Å². The van der Waals surface area contributed by atoms with Crippen LogP contribution in [0.1, 0.15) is 6.92 Å². The van der Waals surface area contributed by atoms with E-state index in [0.29, 0.717) is 0 Å². The van der Waals surface area contributed by atoms with Crippen molar-refractivity contribution in [2.75, 3.05) is 6.61 Å². The summed E-state index contributed by atoms with van der Waals surface area (Å²) in [5.41, 5.74) is 0. The van der Waals surface area contributed by atoms with Crippen LogP contribution in [-0.2, 0) is 0 Å². The Kier molecular flexibility index (Phi) is 63.9. The molecule has 0 bridgehead atoms. The van der Waals surface area contributed by atoms with Gasteiger partial charge in [-0.15, -0.1) is 0 Å². The fraction of sp³-hybridized carbons (Fsp3) is 1.00. The number of aliphatic hydroxyl groups is 1. The molecule has 1 radical (unpaired) electrons. The van der Waals surface area contributed by atoms with Crippen molar-refractivity contribution in [1.29, 1.82) is 0 Å². The van der Waals surface area contributed by atoms with E-state index < -0.39 is 0 Å². The average Bonchev–Trinajstić information content (AvgIpc) is 0.918. The summed E-state index contributed by atoms with van der Waals surface area (Å²) < 4.78 is 0. The van der Waals surface area contributed by atoms with Gasteiger partial charge in [0.2, 0.25) is 0 Å². The van der Waals surface area contributed by atoms with Crippen molar-refractivity contribution in [2.45, 2.75) is 6.92 Å². The van der Waals surface area contributed by atoms with E-state index in [4.69, 9.17) is 5.11 Å². The van der Waals surface area contributed by atoms with Gasteiger partial charge in [0.15, 0.2) is 0 Å². The molecule has 0 spiro atoms. The van der Waals surface area contributed by atoms with Crippen molar-refractivity contribution in [1.82, 2.24) is 0 Å². The Labute approximate surface area is 59.5 Å². The summed E-state index contributed by atoms with van der Waals surface area (Å²) in [5.74, 6) is 0. The van der Waals surface area contributed by atoms with E-state index in [0.717, 1.165) is 0 Å². The molecular weight excluding hydrogens is 195 g/mol. The molecule has 0 fully saturated rings. The van der Waals surface area contributed by atoms with Crippen molar-refractivity contribution < 1.29 is 46.2 Å². The quantitative estimate of drug-likeness (QED) is 0.549. The van der Waals surface area contributed by atoms with Crippen LogP contribution < -0.4 is 0 Å². The maximum Gasteiger partial charge on any atom is 0.0402 e. The van der Waals surface area contributed by atoms with Crippen molar-refractivity contribution >= 4 is 0 Å². The molecule has 0 saturated heterocycles. The minimum absolute atomic E-state index is 0. The van der Waals surface area contributed by atoms with Crippen molar-refractivity contribution in [3.63, 3.8) is 0 Å². The molecule has 0 aliphatic carbocycles. The van der Waals surface area contributed by atoms with Gasteiger partial charge in [-0.25, -0.2) is 0 Å². The molecule has 0 unspecified atom stereocenters. The number of aliphatic hydroxyl groups excluding tert-OH is 1. The first-order valence-corrected chi connectivity index (χ1v) is 1.02. The summed E-state index contributed by atoms with van der Waals surface area (Å²) in [6.07, 6.45) is 0. The Morgan fingerprint density at radius 2 is 1.60 bits per heavy atom. The molecule has 0 aromatic heterocycles. The second-order valence-corrected chi connectivity index (χ2v) is 0.316. The normalized spacial score (nSPS) is 3.60. The summed E-state index contributed by atoms with van der Waals surface area (Å²) in [4.78, 5) is 0. The van der Waals surface area contributed by atoms with Gasteiger partial charge < -0.3 is 10.6 Å². The van der Waals surface area contributed by atoms with Crippen LogP contribution in [0.15, 0.2) is 0 Å². The molecule has 0 saturated carbocycles. The van der Waals surface area contributed by atoms with Gasteiger partial charge in [-0.1, -0.05) is 0 Å². The fourth-order valence-electron chi connectivity index (χ4n) is 0. The fourth-order valence-corrected chi connectivity index (χ4v) is 0. The molecule has 0 aliphatic heterocycles. The summed E-state index contributed by atoms with van der Waals surface area (Å²) >= 11 is 0.